The topological polar surface area (TPSA) is 267 Å². The van der Waals surface area contributed by atoms with Gasteiger partial charge in [-0.3, -0.25) is 0 Å². The first-order valence-electron chi connectivity index (χ1n) is 13.3. The van der Waals surface area contributed by atoms with Gasteiger partial charge in [0.25, 0.3) is 0 Å². The fourth-order valence-electron chi connectivity index (χ4n) is 5.08. The SMILES string of the molecule is CC1O[C@H](OC2C=COC(CO)[C@@H]2O[C@@H]2OC(CO)[C@H](O)[C@H](O)C2OC2OC(C)[C@H](O)C(O)[C@@H]2O)[C@@H](O)C(O)[C@@H]1O. The third-order valence-electron chi connectivity index (χ3n) is 7.71. The Morgan fingerprint density at radius 3 is 1.59 bits per heavy atom. The van der Waals surface area contributed by atoms with Crippen LogP contribution in [0.2, 0.25) is 0 Å². The molecule has 17 nitrogen and oxygen atoms in total. The summed E-state index contributed by atoms with van der Waals surface area (Å²) in [7, 11) is 0. The van der Waals surface area contributed by atoms with Crippen LogP contribution in [0.5, 0.6) is 0 Å². The predicted molar refractivity (Wildman–Crippen MR) is 128 cm³/mol. The number of ether oxygens (including phenoxy) is 7. The molecule has 4 aliphatic rings. The lowest BCUT2D eigenvalue weighted by Gasteiger charge is -2.47. The van der Waals surface area contributed by atoms with Gasteiger partial charge in [0.1, 0.15) is 79.4 Å². The van der Waals surface area contributed by atoms with E-state index in [1.54, 1.807) is 0 Å². The molecule has 4 heterocycles. The maximum Gasteiger partial charge on any atom is 0.187 e. The van der Waals surface area contributed by atoms with Crippen molar-refractivity contribution in [3.8, 4) is 0 Å². The van der Waals surface area contributed by atoms with Gasteiger partial charge < -0.3 is 84.2 Å². The molecule has 0 aromatic carbocycles. The lowest BCUT2D eigenvalue weighted by atomic mass is 9.97. The molecule has 0 aromatic rings. The summed E-state index contributed by atoms with van der Waals surface area (Å²) in [5.41, 5.74) is 0. The number of hydrogen-bond acceptors (Lipinski definition) is 17. The molecular formula is C24H40O17. The van der Waals surface area contributed by atoms with E-state index >= 15 is 0 Å². The summed E-state index contributed by atoms with van der Waals surface area (Å²) in [6, 6.07) is 0. The minimum atomic E-state index is -1.80. The Balaban J connectivity index is 1.57. The maximum absolute atomic E-state index is 10.9. The molecule has 41 heavy (non-hydrogen) atoms. The van der Waals surface area contributed by atoms with E-state index in [1.807, 2.05) is 0 Å². The molecule has 238 valence electrons. The summed E-state index contributed by atoms with van der Waals surface area (Å²) in [6.45, 7) is 1.49. The van der Waals surface area contributed by atoms with E-state index in [1.165, 1.54) is 26.2 Å². The summed E-state index contributed by atoms with van der Waals surface area (Å²) in [4.78, 5) is 0. The molecule has 3 saturated heterocycles. The van der Waals surface area contributed by atoms with Gasteiger partial charge in [-0.05, 0) is 19.9 Å². The van der Waals surface area contributed by atoms with Crippen LogP contribution in [0.1, 0.15) is 13.8 Å². The standard InChI is InChI=1S/C24H40O17/c1-7-12(27)15(30)18(33)22(36-7)38-9-3-4-35-11(6-26)20(9)40-24-21(17(32)14(29)10(5-25)39-24)41-23-19(34)16(31)13(28)8(2)37-23/h3-4,7-34H,5-6H2,1-2H3/t7?,8?,9?,10?,11?,12-,13+,14+,15?,16?,17+,18+,19+,20-,21?,22-,23?,24+/m1/s1. The molecule has 0 aromatic heterocycles. The Kier molecular flexibility index (Phi) is 10.9. The van der Waals surface area contributed by atoms with E-state index in [-0.39, 0.29) is 0 Å². The van der Waals surface area contributed by atoms with E-state index in [0.717, 1.165) is 0 Å². The molecule has 0 spiro atoms. The summed E-state index contributed by atoms with van der Waals surface area (Å²) in [5, 5.41) is 102. The highest BCUT2D eigenvalue weighted by atomic mass is 16.8. The van der Waals surface area contributed by atoms with Gasteiger partial charge in [0.15, 0.2) is 18.9 Å². The lowest BCUT2D eigenvalue weighted by Crippen LogP contribution is -2.65. The van der Waals surface area contributed by atoms with Gasteiger partial charge in [-0.2, -0.15) is 0 Å². The molecule has 17 heteroatoms. The normalized spacial score (nSPS) is 52.7. The first-order chi connectivity index (χ1) is 19.4. The summed E-state index contributed by atoms with van der Waals surface area (Å²) >= 11 is 0. The molecule has 0 bridgehead atoms. The smallest absolute Gasteiger partial charge is 0.187 e. The van der Waals surface area contributed by atoms with Gasteiger partial charge in [-0.15, -0.1) is 0 Å². The highest BCUT2D eigenvalue weighted by Gasteiger charge is 2.52. The fourth-order valence-corrected chi connectivity index (χ4v) is 5.08. The van der Waals surface area contributed by atoms with E-state index < -0.39 is 124 Å². The first kappa shape index (κ1) is 32.8. The van der Waals surface area contributed by atoms with Crippen molar-refractivity contribution in [1.82, 2.24) is 0 Å². The quantitative estimate of drug-likeness (QED) is 0.124. The van der Waals surface area contributed by atoms with Gasteiger partial charge >= 0.3 is 0 Å². The van der Waals surface area contributed by atoms with Crippen molar-refractivity contribution in [3.05, 3.63) is 12.3 Å². The summed E-state index contributed by atoms with van der Waals surface area (Å²) in [6.07, 6.45) is -23.7. The molecule has 4 rings (SSSR count). The largest absolute Gasteiger partial charge is 0.493 e. The number of rotatable bonds is 8. The maximum atomic E-state index is 10.9. The summed E-state index contributed by atoms with van der Waals surface area (Å²) < 4.78 is 39.6. The van der Waals surface area contributed by atoms with Crippen molar-refractivity contribution in [2.24, 2.45) is 0 Å². The minimum absolute atomic E-state index is 0.625. The number of aliphatic hydroxyl groups is 10. The average molecular weight is 601 g/mol. The zero-order chi connectivity index (χ0) is 30.2. The molecule has 0 amide bonds. The van der Waals surface area contributed by atoms with E-state index in [0.29, 0.717) is 0 Å². The Morgan fingerprint density at radius 2 is 1.05 bits per heavy atom. The molecular weight excluding hydrogens is 560 g/mol. The van der Waals surface area contributed by atoms with Crippen LogP contribution in [-0.2, 0) is 33.2 Å². The Hall–Kier alpha value is -1.10. The second kappa shape index (κ2) is 13.7. The van der Waals surface area contributed by atoms with Gasteiger partial charge in [-0.1, -0.05) is 0 Å². The first-order valence-corrected chi connectivity index (χ1v) is 13.3. The van der Waals surface area contributed by atoms with Gasteiger partial charge in [0.2, 0.25) is 0 Å². The molecule has 4 aliphatic heterocycles. The zero-order valence-corrected chi connectivity index (χ0v) is 22.3. The Labute approximate surface area is 234 Å². The van der Waals surface area contributed by atoms with Crippen LogP contribution in [0.25, 0.3) is 0 Å². The Morgan fingerprint density at radius 1 is 0.537 bits per heavy atom. The third-order valence-corrected chi connectivity index (χ3v) is 7.71. The number of aliphatic hydroxyl groups excluding tert-OH is 10. The van der Waals surface area contributed by atoms with Crippen molar-refractivity contribution in [3.63, 3.8) is 0 Å². The number of hydrogen-bond donors (Lipinski definition) is 10. The Bertz CT molecular complexity index is 864. The van der Waals surface area contributed by atoms with Gasteiger partial charge in [-0.25, -0.2) is 0 Å². The van der Waals surface area contributed by atoms with Crippen LogP contribution in [0.3, 0.4) is 0 Å². The molecule has 10 N–H and O–H groups in total. The highest BCUT2D eigenvalue weighted by molar-refractivity contribution is 5.02. The van der Waals surface area contributed by atoms with Crippen LogP contribution in [0.15, 0.2) is 12.3 Å². The second-order valence-electron chi connectivity index (χ2n) is 10.6. The zero-order valence-electron chi connectivity index (χ0n) is 22.3. The minimum Gasteiger partial charge on any atom is -0.493 e. The molecule has 18 atom stereocenters. The predicted octanol–water partition coefficient (Wildman–Crippen LogP) is -5.86. The van der Waals surface area contributed by atoms with E-state index in [4.69, 9.17) is 33.2 Å². The van der Waals surface area contributed by atoms with Crippen LogP contribution < -0.4 is 0 Å². The van der Waals surface area contributed by atoms with Gasteiger partial charge in [0, 0.05) is 0 Å². The average Bonchev–Trinajstić information content (AvgIpc) is 2.96. The summed E-state index contributed by atoms with van der Waals surface area (Å²) in [5.74, 6) is 0. The molecule has 0 aliphatic carbocycles. The van der Waals surface area contributed by atoms with Crippen molar-refractivity contribution in [2.75, 3.05) is 13.2 Å². The van der Waals surface area contributed by atoms with Crippen molar-refractivity contribution >= 4 is 0 Å². The van der Waals surface area contributed by atoms with E-state index in [9.17, 15) is 51.1 Å². The molecule has 9 unspecified atom stereocenters. The van der Waals surface area contributed by atoms with Crippen LogP contribution >= 0.6 is 0 Å². The van der Waals surface area contributed by atoms with Crippen LogP contribution in [0, 0.1) is 0 Å². The molecule has 3 fully saturated rings. The van der Waals surface area contributed by atoms with Crippen LogP contribution in [0.4, 0.5) is 0 Å². The fraction of sp³-hybridized carbons (Fsp3) is 0.917. The van der Waals surface area contributed by atoms with Crippen molar-refractivity contribution in [1.29, 1.82) is 0 Å². The van der Waals surface area contributed by atoms with Crippen molar-refractivity contribution < 1.29 is 84.2 Å². The van der Waals surface area contributed by atoms with E-state index in [2.05, 4.69) is 0 Å². The third kappa shape index (κ3) is 6.70. The van der Waals surface area contributed by atoms with Crippen LogP contribution in [-0.4, -0.2) is 175 Å². The molecule has 0 saturated carbocycles. The lowest BCUT2D eigenvalue weighted by molar-refractivity contribution is -0.378. The highest BCUT2D eigenvalue weighted by Crippen LogP contribution is 2.33. The van der Waals surface area contributed by atoms with Gasteiger partial charge in [0.05, 0.1) is 31.7 Å². The molecule has 0 radical (unpaired) electrons. The van der Waals surface area contributed by atoms with Crippen molar-refractivity contribution in [2.45, 2.75) is 124 Å². The monoisotopic (exact) mass is 600 g/mol. The second-order valence-corrected chi connectivity index (χ2v) is 10.6.